The summed E-state index contributed by atoms with van der Waals surface area (Å²) in [5.41, 5.74) is 0.918. The van der Waals surface area contributed by atoms with Crippen LogP contribution in [-0.2, 0) is 11.3 Å². The number of fused-ring (bicyclic) bond motifs is 1. The lowest BCUT2D eigenvalue weighted by Gasteiger charge is -2.13. The second kappa shape index (κ2) is 9.03. The van der Waals surface area contributed by atoms with Crippen molar-refractivity contribution in [1.82, 2.24) is 14.9 Å². The second-order valence-electron chi connectivity index (χ2n) is 6.30. The summed E-state index contributed by atoms with van der Waals surface area (Å²) in [5.74, 6) is 0.234. The van der Waals surface area contributed by atoms with E-state index in [-0.39, 0.29) is 23.3 Å². The molecule has 5 nitrogen and oxygen atoms in total. The van der Waals surface area contributed by atoms with E-state index in [1.807, 2.05) is 36.7 Å². The van der Waals surface area contributed by atoms with E-state index in [2.05, 4.69) is 12.2 Å². The molecular formula is C19H23N3O2S3. The van der Waals surface area contributed by atoms with Crippen LogP contribution in [0.2, 0.25) is 0 Å². The van der Waals surface area contributed by atoms with E-state index < -0.39 is 0 Å². The zero-order chi connectivity index (χ0) is 19.4. The fraction of sp³-hybridized carbons (Fsp3) is 0.421. The van der Waals surface area contributed by atoms with E-state index in [0.717, 1.165) is 28.1 Å². The third-order valence-corrected chi connectivity index (χ3v) is 6.97. The Bertz CT molecular complexity index is 976. The van der Waals surface area contributed by atoms with Gasteiger partial charge in [0.1, 0.15) is 4.83 Å². The fourth-order valence-electron chi connectivity index (χ4n) is 2.96. The van der Waals surface area contributed by atoms with Crippen LogP contribution in [0.25, 0.3) is 20.7 Å². The van der Waals surface area contributed by atoms with Crippen molar-refractivity contribution in [1.29, 1.82) is 0 Å². The summed E-state index contributed by atoms with van der Waals surface area (Å²) in [7, 11) is 0. The van der Waals surface area contributed by atoms with E-state index in [1.165, 1.54) is 23.1 Å². The molecule has 1 unspecified atom stereocenters. The summed E-state index contributed by atoms with van der Waals surface area (Å²) in [6.07, 6.45) is 1.99. The Morgan fingerprint density at radius 1 is 1.37 bits per heavy atom. The summed E-state index contributed by atoms with van der Waals surface area (Å²) in [5, 5.41) is 8.28. The van der Waals surface area contributed by atoms with Crippen molar-refractivity contribution in [3.63, 3.8) is 0 Å². The maximum Gasteiger partial charge on any atom is 0.263 e. The average molecular weight is 422 g/mol. The second-order valence-corrected chi connectivity index (χ2v) is 9.04. The number of hydrogen-bond acceptors (Lipinski definition) is 6. The van der Waals surface area contributed by atoms with Gasteiger partial charge in [0, 0.05) is 28.4 Å². The predicted octanol–water partition coefficient (Wildman–Crippen LogP) is 4.60. The van der Waals surface area contributed by atoms with Crippen LogP contribution in [0.15, 0.2) is 32.8 Å². The number of thiophene rings is 2. The number of carbonyl (C=O) groups is 1. The smallest absolute Gasteiger partial charge is 0.263 e. The number of hydrogen-bond donors (Lipinski definition) is 1. The number of nitrogens with zero attached hydrogens (tertiary/aromatic N) is 2. The number of amides is 1. The summed E-state index contributed by atoms with van der Waals surface area (Å²) in [6, 6.07) is 4.17. The molecule has 144 valence electrons. The third kappa shape index (κ3) is 4.44. The topological polar surface area (TPSA) is 64.0 Å². The average Bonchev–Trinajstić information content (AvgIpc) is 3.29. The standard InChI is InChI=1S/C19H23N3O2S3/c1-4-7-12(3)20-15(23)11-27-19-21-17-16(18(24)22(19)5-2)13(10-26-17)14-8-6-9-25-14/h6,8-10,12H,4-5,7,11H2,1-3H3,(H,20,23). The van der Waals surface area contributed by atoms with E-state index in [1.54, 1.807) is 15.9 Å². The number of carbonyl (C=O) groups excluding carboxylic acids is 1. The van der Waals surface area contributed by atoms with Crippen LogP contribution in [0.3, 0.4) is 0 Å². The van der Waals surface area contributed by atoms with Crippen LogP contribution in [0.1, 0.15) is 33.6 Å². The van der Waals surface area contributed by atoms with Crippen LogP contribution in [0.4, 0.5) is 0 Å². The Morgan fingerprint density at radius 3 is 2.85 bits per heavy atom. The molecule has 3 aromatic heterocycles. The largest absolute Gasteiger partial charge is 0.353 e. The lowest BCUT2D eigenvalue weighted by atomic mass is 10.2. The van der Waals surface area contributed by atoms with Gasteiger partial charge in [-0.1, -0.05) is 31.2 Å². The van der Waals surface area contributed by atoms with Crippen LogP contribution < -0.4 is 10.9 Å². The van der Waals surface area contributed by atoms with E-state index in [9.17, 15) is 9.59 Å². The van der Waals surface area contributed by atoms with Crippen molar-refractivity contribution < 1.29 is 4.79 Å². The van der Waals surface area contributed by atoms with Crippen molar-refractivity contribution in [3.05, 3.63) is 33.2 Å². The molecule has 1 N–H and O–H groups in total. The molecule has 1 amide bonds. The number of thioether (sulfide) groups is 1. The Balaban J connectivity index is 1.87. The molecule has 27 heavy (non-hydrogen) atoms. The van der Waals surface area contributed by atoms with Crippen molar-refractivity contribution in [3.8, 4) is 10.4 Å². The lowest BCUT2D eigenvalue weighted by Crippen LogP contribution is -2.34. The minimum atomic E-state index is -0.0330. The van der Waals surface area contributed by atoms with Gasteiger partial charge in [-0.15, -0.1) is 22.7 Å². The first kappa shape index (κ1) is 20.1. The molecule has 0 aliphatic heterocycles. The molecule has 0 saturated carbocycles. The van der Waals surface area contributed by atoms with Gasteiger partial charge >= 0.3 is 0 Å². The summed E-state index contributed by atoms with van der Waals surface area (Å²) < 4.78 is 1.67. The number of nitrogens with one attached hydrogen (secondary N) is 1. The first-order chi connectivity index (χ1) is 13.0. The van der Waals surface area contributed by atoms with Gasteiger partial charge in [0.05, 0.1) is 11.1 Å². The van der Waals surface area contributed by atoms with Gasteiger partial charge in [0.25, 0.3) is 5.56 Å². The molecule has 3 rings (SSSR count). The summed E-state index contributed by atoms with van der Waals surface area (Å²) in [4.78, 5) is 31.8. The molecule has 0 bridgehead atoms. The fourth-order valence-corrected chi connectivity index (χ4v) is 5.64. The highest BCUT2D eigenvalue weighted by atomic mass is 32.2. The Morgan fingerprint density at radius 2 is 2.19 bits per heavy atom. The highest BCUT2D eigenvalue weighted by Crippen LogP contribution is 2.34. The van der Waals surface area contributed by atoms with Crippen molar-refractivity contribution in [2.75, 3.05) is 5.75 Å². The maximum atomic E-state index is 13.1. The number of aromatic nitrogens is 2. The highest BCUT2D eigenvalue weighted by Gasteiger charge is 2.18. The quantitative estimate of drug-likeness (QED) is 0.426. The minimum Gasteiger partial charge on any atom is -0.353 e. The third-order valence-electron chi connectivity index (χ3n) is 4.22. The molecule has 0 spiro atoms. The van der Waals surface area contributed by atoms with Gasteiger partial charge in [-0.2, -0.15) is 0 Å². The first-order valence-corrected chi connectivity index (χ1v) is 11.8. The molecule has 0 aliphatic rings. The Kier molecular flexibility index (Phi) is 6.73. The molecule has 0 fully saturated rings. The van der Waals surface area contributed by atoms with Gasteiger partial charge in [0.15, 0.2) is 5.16 Å². The Labute approximate surface area is 170 Å². The summed E-state index contributed by atoms with van der Waals surface area (Å²) in [6.45, 7) is 6.56. The van der Waals surface area contributed by atoms with Crippen LogP contribution in [-0.4, -0.2) is 27.3 Å². The molecule has 0 aliphatic carbocycles. The molecule has 8 heteroatoms. The van der Waals surface area contributed by atoms with Gasteiger partial charge in [-0.05, 0) is 31.7 Å². The van der Waals surface area contributed by atoms with Crippen molar-refractivity contribution >= 4 is 50.6 Å². The van der Waals surface area contributed by atoms with Gasteiger partial charge in [-0.3, -0.25) is 14.2 Å². The molecular weight excluding hydrogens is 398 g/mol. The predicted molar refractivity (Wildman–Crippen MR) is 116 cm³/mol. The van der Waals surface area contributed by atoms with Crippen molar-refractivity contribution in [2.24, 2.45) is 0 Å². The zero-order valence-corrected chi connectivity index (χ0v) is 18.1. The molecule has 0 radical (unpaired) electrons. The summed E-state index contributed by atoms with van der Waals surface area (Å²) >= 11 is 4.42. The Hall–Kier alpha value is -1.64. The molecule has 3 heterocycles. The van der Waals surface area contributed by atoms with Crippen molar-refractivity contribution in [2.45, 2.75) is 51.4 Å². The highest BCUT2D eigenvalue weighted by molar-refractivity contribution is 7.99. The number of rotatable bonds is 8. The normalized spacial score (nSPS) is 12.4. The van der Waals surface area contributed by atoms with Gasteiger partial charge < -0.3 is 5.32 Å². The van der Waals surface area contributed by atoms with Gasteiger partial charge in [0.2, 0.25) is 5.91 Å². The first-order valence-electron chi connectivity index (χ1n) is 9.03. The van der Waals surface area contributed by atoms with E-state index in [4.69, 9.17) is 4.98 Å². The monoisotopic (exact) mass is 421 g/mol. The zero-order valence-electron chi connectivity index (χ0n) is 15.7. The van der Waals surface area contributed by atoms with Crippen LogP contribution >= 0.6 is 34.4 Å². The molecule has 3 aromatic rings. The lowest BCUT2D eigenvalue weighted by molar-refractivity contribution is -0.119. The van der Waals surface area contributed by atoms with Gasteiger partial charge in [-0.25, -0.2) is 4.98 Å². The maximum absolute atomic E-state index is 13.1. The van der Waals surface area contributed by atoms with Crippen LogP contribution in [0.5, 0.6) is 0 Å². The molecule has 0 saturated heterocycles. The van der Waals surface area contributed by atoms with E-state index >= 15 is 0 Å². The minimum absolute atomic E-state index is 0.0246. The molecule has 1 atom stereocenters. The van der Waals surface area contributed by atoms with E-state index in [0.29, 0.717) is 17.1 Å². The van der Waals surface area contributed by atoms with Crippen LogP contribution in [0, 0.1) is 0 Å². The SMILES string of the molecule is CCCC(C)NC(=O)CSc1nc2scc(-c3cccs3)c2c(=O)n1CC. The molecule has 0 aromatic carbocycles.